The van der Waals surface area contributed by atoms with Gasteiger partial charge in [-0.15, -0.1) is 0 Å². The van der Waals surface area contributed by atoms with Crippen LogP contribution in [-0.2, 0) is 0 Å². The highest BCUT2D eigenvalue weighted by atomic mass is 15.2. The van der Waals surface area contributed by atoms with Gasteiger partial charge in [-0.2, -0.15) is 0 Å². The van der Waals surface area contributed by atoms with Crippen LogP contribution in [0.4, 0.5) is 0 Å². The van der Waals surface area contributed by atoms with Crippen molar-refractivity contribution in [3.05, 3.63) is 0 Å². The Balaban J connectivity index is 2.51. The van der Waals surface area contributed by atoms with Crippen molar-refractivity contribution < 1.29 is 0 Å². The number of hydrogen-bond donors (Lipinski definition) is 1. The van der Waals surface area contributed by atoms with Crippen molar-refractivity contribution in [2.24, 2.45) is 11.7 Å². The Labute approximate surface area is 76.1 Å². The van der Waals surface area contributed by atoms with Crippen LogP contribution >= 0.6 is 0 Å². The van der Waals surface area contributed by atoms with Gasteiger partial charge >= 0.3 is 0 Å². The number of piperidine rings is 1. The summed E-state index contributed by atoms with van der Waals surface area (Å²) in [6, 6.07) is 1.28. The van der Waals surface area contributed by atoms with E-state index in [4.69, 9.17) is 5.73 Å². The zero-order valence-corrected chi connectivity index (χ0v) is 8.59. The Kier molecular flexibility index (Phi) is 3.53. The van der Waals surface area contributed by atoms with Crippen LogP contribution in [0, 0.1) is 5.92 Å². The van der Waals surface area contributed by atoms with E-state index < -0.39 is 0 Å². The monoisotopic (exact) mass is 170 g/mol. The molecule has 0 amide bonds. The molecular formula is C10H22N2. The maximum Gasteiger partial charge on any atom is 0.0193 e. The van der Waals surface area contributed by atoms with Crippen LogP contribution in [0.5, 0.6) is 0 Å². The zero-order chi connectivity index (χ0) is 9.14. The Morgan fingerprint density at radius 1 is 1.50 bits per heavy atom. The molecule has 0 saturated carbocycles. The molecule has 0 spiro atoms. The molecular weight excluding hydrogens is 148 g/mol. The summed E-state index contributed by atoms with van der Waals surface area (Å²) in [6.07, 6.45) is 2.73. The van der Waals surface area contributed by atoms with Gasteiger partial charge in [0.05, 0.1) is 0 Å². The van der Waals surface area contributed by atoms with E-state index in [-0.39, 0.29) is 0 Å². The molecule has 1 aliphatic heterocycles. The van der Waals surface area contributed by atoms with E-state index in [9.17, 15) is 0 Å². The van der Waals surface area contributed by atoms with E-state index >= 15 is 0 Å². The second-order valence-electron chi connectivity index (χ2n) is 4.18. The molecule has 0 aromatic carbocycles. The van der Waals surface area contributed by atoms with E-state index in [2.05, 4.69) is 25.7 Å². The number of hydrogen-bond acceptors (Lipinski definition) is 2. The molecule has 1 heterocycles. The van der Waals surface area contributed by atoms with Crippen LogP contribution in [0.3, 0.4) is 0 Å². The lowest BCUT2D eigenvalue weighted by atomic mass is 9.91. The lowest BCUT2D eigenvalue weighted by molar-refractivity contribution is 0.0789. The molecule has 0 aromatic rings. The molecule has 0 bridgehead atoms. The van der Waals surface area contributed by atoms with Crippen LogP contribution in [0.1, 0.15) is 33.6 Å². The number of nitrogens with two attached hydrogens (primary N) is 1. The summed E-state index contributed by atoms with van der Waals surface area (Å²) in [6.45, 7) is 8.94. The fourth-order valence-electron chi connectivity index (χ4n) is 2.12. The second-order valence-corrected chi connectivity index (χ2v) is 4.18. The van der Waals surface area contributed by atoms with Crippen LogP contribution in [0.2, 0.25) is 0 Å². The molecule has 1 fully saturated rings. The van der Waals surface area contributed by atoms with Crippen LogP contribution in [0.15, 0.2) is 0 Å². The first kappa shape index (κ1) is 10.0. The number of nitrogens with zero attached hydrogens (tertiary/aromatic N) is 1. The topological polar surface area (TPSA) is 29.3 Å². The third-order valence-electron chi connectivity index (χ3n) is 3.33. The van der Waals surface area contributed by atoms with Gasteiger partial charge in [-0.3, -0.25) is 4.90 Å². The van der Waals surface area contributed by atoms with Crippen molar-refractivity contribution in [2.75, 3.05) is 13.1 Å². The van der Waals surface area contributed by atoms with Gasteiger partial charge in [-0.25, -0.2) is 0 Å². The first-order chi connectivity index (χ1) is 5.66. The molecule has 72 valence electrons. The van der Waals surface area contributed by atoms with Gasteiger partial charge in [0.15, 0.2) is 0 Å². The minimum Gasteiger partial charge on any atom is -0.329 e. The lowest BCUT2D eigenvalue weighted by Gasteiger charge is -2.41. The molecule has 3 atom stereocenters. The van der Waals surface area contributed by atoms with Crippen molar-refractivity contribution in [3.63, 3.8) is 0 Å². The van der Waals surface area contributed by atoms with Crippen molar-refractivity contribution >= 4 is 0 Å². The highest BCUT2D eigenvalue weighted by Crippen LogP contribution is 2.24. The predicted molar refractivity (Wildman–Crippen MR) is 53.1 cm³/mol. The van der Waals surface area contributed by atoms with Crippen molar-refractivity contribution in [3.8, 4) is 0 Å². The molecule has 12 heavy (non-hydrogen) atoms. The summed E-state index contributed by atoms with van der Waals surface area (Å²) < 4.78 is 0. The maximum atomic E-state index is 5.67. The number of likely N-dealkylation sites (tertiary alicyclic amines) is 1. The molecule has 2 heteroatoms. The SMILES string of the molecule is CC1CCCN(C(C)CN)C1C. The van der Waals surface area contributed by atoms with E-state index in [1.165, 1.54) is 19.4 Å². The van der Waals surface area contributed by atoms with Gasteiger partial charge in [-0.05, 0) is 39.2 Å². The Morgan fingerprint density at radius 3 is 2.75 bits per heavy atom. The quantitative estimate of drug-likeness (QED) is 0.679. The molecule has 0 radical (unpaired) electrons. The van der Waals surface area contributed by atoms with Crippen molar-refractivity contribution in [1.29, 1.82) is 0 Å². The Bertz CT molecular complexity index is 136. The average Bonchev–Trinajstić information content (AvgIpc) is 2.08. The summed E-state index contributed by atoms with van der Waals surface area (Å²) >= 11 is 0. The van der Waals surface area contributed by atoms with Crippen molar-refractivity contribution in [1.82, 2.24) is 4.90 Å². The van der Waals surface area contributed by atoms with E-state index in [0.29, 0.717) is 6.04 Å². The molecule has 2 N–H and O–H groups in total. The van der Waals surface area contributed by atoms with E-state index in [1.807, 2.05) is 0 Å². The molecule has 1 rings (SSSR count). The third-order valence-corrected chi connectivity index (χ3v) is 3.33. The first-order valence-corrected chi connectivity index (χ1v) is 5.12. The van der Waals surface area contributed by atoms with E-state index in [1.54, 1.807) is 0 Å². The molecule has 2 nitrogen and oxygen atoms in total. The molecule has 1 aliphatic rings. The van der Waals surface area contributed by atoms with Crippen molar-refractivity contribution in [2.45, 2.75) is 45.7 Å². The van der Waals surface area contributed by atoms with Gasteiger partial charge in [-0.1, -0.05) is 6.92 Å². The van der Waals surface area contributed by atoms with Gasteiger partial charge in [0, 0.05) is 18.6 Å². The Hall–Kier alpha value is -0.0800. The van der Waals surface area contributed by atoms with Gasteiger partial charge < -0.3 is 5.73 Å². The predicted octanol–water partition coefficient (Wildman–Crippen LogP) is 1.45. The van der Waals surface area contributed by atoms with Crippen LogP contribution in [-0.4, -0.2) is 30.1 Å². The summed E-state index contributed by atoms with van der Waals surface area (Å²) in [5.74, 6) is 0.841. The highest BCUT2D eigenvalue weighted by molar-refractivity contribution is 4.82. The lowest BCUT2D eigenvalue weighted by Crippen LogP contribution is -2.49. The zero-order valence-electron chi connectivity index (χ0n) is 8.59. The van der Waals surface area contributed by atoms with Crippen LogP contribution in [0.25, 0.3) is 0 Å². The first-order valence-electron chi connectivity index (χ1n) is 5.12. The fourth-order valence-corrected chi connectivity index (χ4v) is 2.12. The van der Waals surface area contributed by atoms with Gasteiger partial charge in [0.2, 0.25) is 0 Å². The second kappa shape index (κ2) is 4.24. The third kappa shape index (κ3) is 1.99. The van der Waals surface area contributed by atoms with E-state index in [0.717, 1.165) is 18.5 Å². The molecule has 3 unspecified atom stereocenters. The molecule has 0 aliphatic carbocycles. The van der Waals surface area contributed by atoms with Crippen LogP contribution < -0.4 is 5.73 Å². The Morgan fingerprint density at radius 2 is 2.17 bits per heavy atom. The summed E-state index contributed by atoms with van der Waals surface area (Å²) in [5, 5.41) is 0. The maximum absolute atomic E-state index is 5.67. The average molecular weight is 170 g/mol. The van der Waals surface area contributed by atoms with Gasteiger partial charge in [0.1, 0.15) is 0 Å². The molecule has 0 aromatic heterocycles. The summed E-state index contributed by atoms with van der Waals surface area (Å²) in [7, 11) is 0. The summed E-state index contributed by atoms with van der Waals surface area (Å²) in [4.78, 5) is 2.55. The minimum atomic E-state index is 0.558. The smallest absolute Gasteiger partial charge is 0.0193 e. The fraction of sp³-hybridized carbons (Fsp3) is 1.00. The summed E-state index contributed by atoms with van der Waals surface area (Å²) in [5.41, 5.74) is 5.67. The molecule has 1 saturated heterocycles. The normalized spacial score (nSPS) is 35.0. The largest absolute Gasteiger partial charge is 0.329 e. The minimum absolute atomic E-state index is 0.558. The number of rotatable bonds is 2. The highest BCUT2D eigenvalue weighted by Gasteiger charge is 2.27. The van der Waals surface area contributed by atoms with Gasteiger partial charge in [0.25, 0.3) is 0 Å². The standard InChI is InChI=1S/C10H22N2/c1-8-5-4-6-12(10(8)3)9(2)7-11/h8-10H,4-7,11H2,1-3H3.